The molecule has 2 fully saturated rings. The molecule has 0 bridgehead atoms. The highest BCUT2D eigenvalue weighted by Crippen LogP contribution is 2.42. The maximum Gasteiger partial charge on any atom is 0.228 e. The van der Waals surface area contributed by atoms with E-state index in [0.717, 1.165) is 53.9 Å². The minimum atomic E-state index is 0. The lowest BCUT2D eigenvalue weighted by molar-refractivity contribution is 0.0973. The summed E-state index contributed by atoms with van der Waals surface area (Å²) in [5.74, 6) is 1.08. The third kappa shape index (κ3) is 4.24. The zero-order chi connectivity index (χ0) is 20.9. The van der Waals surface area contributed by atoms with Crippen LogP contribution in [-0.2, 0) is 4.74 Å². The average Bonchev–Trinajstić information content (AvgIpc) is 3.35. The van der Waals surface area contributed by atoms with Crippen LogP contribution in [0.2, 0.25) is 5.02 Å². The number of nitrogens with two attached hydrogens (primary N) is 2. The number of halogens is 1. The predicted molar refractivity (Wildman–Crippen MR) is 137 cm³/mol. The molecule has 5 rings (SSSR count). The Balaban J connectivity index is 0.00000144. The van der Waals surface area contributed by atoms with Crippen LogP contribution < -0.4 is 16.4 Å². The Morgan fingerprint density at radius 1 is 1.19 bits per heavy atom. The van der Waals surface area contributed by atoms with Gasteiger partial charge in [-0.15, -0.1) is 0 Å². The third-order valence-electron chi connectivity index (χ3n) is 6.24. The molecule has 3 aromatic heterocycles. The van der Waals surface area contributed by atoms with Gasteiger partial charge in [0.15, 0.2) is 5.65 Å². The monoisotopic (exact) mass is 514 g/mol. The highest BCUT2D eigenvalue weighted by molar-refractivity contribution is 7.99. The van der Waals surface area contributed by atoms with E-state index in [4.69, 9.17) is 32.8 Å². The summed E-state index contributed by atoms with van der Waals surface area (Å²) in [6.45, 7) is 4.50. The van der Waals surface area contributed by atoms with E-state index in [1.165, 1.54) is 11.8 Å². The van der Waals surface area contributed by atoms with Crippen LogP contribution in [0.5, 0.6) is 0 Å². The van der Waals surface area contributed by atoms with E-state index in [-0.39, 0.29) is 44.6 Å². The van der Waals surface area contributed by atoms with Crippen molar-refractivity contribution >= 4 is 67.8 Å². The maximum absolute atomic E-state index is 6.45. The number of aromatic nitrogens is 5. The predicted octanol–water partition coefficient (Wildman–Crippen LogP) is 2.46. The van der Waals surface area contributed by atoms with Gasteiger partial charge in [0.1, 0.15) is 12.1 Å². The number of ether oxygens (including phenoxy) is 1. The van der Waals surface area contributed by atoms with Crippen molar-refractivity contribution in [2.45, 2.75) is 41.7 Å². The lowest BCUT2D eigenvalue weighted by Gasteiger charge is -2.41. The number of anilines is 2. The van der Waals surface area contributed by atoms with Gasteiger partial charge in [-0.05, 0) is 25.8 Å². The van der Waals surface area contributed by atoms with Crippen molar-refractivity contribution in [2.75, 3.05) is 30.3 Å². The molecule has 9 nitrogen and oxygen atoms in total. The number of nitrogen functional groups attached to an aromatic ring is 1. The van der Waals surface area contributed by atoms with Gasteiger partial charge in [0.25, 0.3) is 0 Å². The number of pyridine rings is 1. The quantitative estimate of drug-likeness (QED) is 0.542. The summed E-state index contributed by atoms with van der Waals surface area (Å²) < 4.78 is 7.62. The van der Waals surface area contributed by atoms with Crippen molar-refractivity contribution in [1.82, 2.24) is 24.6 Å². The Bertz CT molecular complexity index is 1090. The average molecular weight is 515 g/mol. The van der Waals surface area contributed by atoms with Gasteiger partial charge in [-0.3, -0.25) is 0 Å². The van der Waals surface area contributed by atoms with Crippen LogP contribution in [0.25, 0.3) is 5.65 Å². The first kappa shape index (κ1) is 25.2. The summed E-state index contributed by atoms with van der Waals surface area (Å²) in [4.78, 5) is 17.1. The summed E-state index contributed by atoms with van der Waals surface area (Å²) in [5, 5.41) is 4.85. The van der Waals surface area contributed by atoms with E-state index >= 15 is 0 Å². The lowest BCUT2D eigenvalue weighted by Crippen LogP contribution is -2.51. The summed E-state index contributed by atoms with van der Waals surface area (Å²) in [6, 6.07) is 1.90. The fourth-order valence-corrected chi connectivity index (χ4v) is 5.46. The van der Waals surface area contributed by atoms with Gasteiger partial charge in [0.05, 0.1) is 22.6 Å². The smallest absolute Gasteiger partial charge is 0.228 e. The van der Waals surface area contributed by atoms with Gasteiger partial charge < -0.3 is 21.1 Å². The molecule has 0 saturated carbocycles. The molecule has 0 radical (unpaired) electrons. The fraction of sp³-hybridized carbons (Fsp3) is 0.474. The summed E-state index contributed by atoms with van der Waals surface area (Å²) >= 11 is 7.75. The molecular formula is C19H27ClN8OS3. The van der Waals surface area contributed by atoms with Crippen molar-refractivity contribution < 1.29 is 4.74 Å². The number of hydrogen-bond acceptors (Lipinski definition) is 9. The van der Waals surface area contributed by atoms with Gasteiger partial charge >= 0.3 is 0 Å². The van der Waals surface area contributed by atoms with Crippen LogP contribution in [0, 0.1) is 5.41 Å². The number of hydrogen-bond donors (Lipinski definition) is 2. The molecule has 32 heavy (non-hydrogen) atoms. The molecule has 2 saturated heterocycles. The lowest BCUT2D eigenvalue weighted by atomic mass is 9.73. The van der Waals surface area contributed by atoms with Crippen LogP contribution in [0.15, 0.2) is 34.6 Å². The minimum Gasteiger partial charge on any atom is -0.382 e. The Morgan fingerprint density at radius 2 is 1.94 bits per heavy atom. The van der Waals surface area contributed by atoms with Crippen molar-refractivity contribution in [3.8, 4) is 0 Å². The van der Waals surface area contributed by atoms with Gasteiger partial charge in [-0.25, -0.2) is 15.0 Å². The van der Waals surface area contributed by atoms with Gasteiger partial charge in [-0.2, -0.15) is 36.6 Å². The van der Waals surface area contributed by atoms with Crippen molar-refractivity contribution in [2.24, 2.45) is 11.1 Å². The Morgan fingerprint density at radius 3 is 2.62 bits per heavy atom. The molecular weight excluding hydrogens is 488 g/mol. The summed E-state index contributed by atoms with van der Waals surface area (Å²) in [6.07, 6.45) is 7.04. The van der Waals surface area contributed by atoms with Crippen LogP contribution >= 0.6 is 50.4 Å². The molecule has 1 spiro atoms. The first-order valence-corrected chi connectivity index (χ1v) is 11.1. The fourth-order valence-electron chi connectivity index (χ4n) is 4.34. The largest absolute Gasteiger partial charge is 0.382 e. The SMILES string of the molecule is C[C@@H]1OCC2(CCN(c3ncc(Sc4ccnc(N)c4Cl)c4ncnn34)CC2)[C@@H]1N.S.S. The zero-order valence-electron chi connectivity index (χ0n) is 17.5. The second kappa shape index (κ2) is 9.82. The van der Waals surface area contributed by atoms with E-state index in [1.54, 1.807) is 17.0 Å². The molecule has 2 atom stereocenters. The number of fused-ring (bicyclic) bond motifs is 1. The van der Waals surface area contributed by atoms with Crippen LogP contribution in [0.1, 0.15) is 19.8 Å². The molecule has 0 unspecified atom stereocenters. The normalized spacial score (nSPS) is 22.0. The second-order valence-electron chi connectivity index (χ2n) is 7.92. The first-order valence-electron chi connectivity index (χ1n) is 9.87. The molecule has 2 aliphatic heterocycles. The molecule has 4 N–H and O–H groups in total. The van der Waals surface area contributed by atoms with E-state index in [1.807, 2.05) is 12.3 Å². The Hall–Kier alpha value is -1.44. The zero-order valence-corrected chi connectivity index (χ0v) is 21.1. The second-order valence-corrected chi connectivity index (χ2v) is 9.38. The van der Waals surface area contributed by atoms with E-state index in [0.29, 0.717) is 10.8 Å². The van der Waals surface area contributed by atoms with E-state index in [9.17, 15) is 0 Å². The van der Waals surface area contributed by atoms with Crippen molar-refractivity contribution in [3.05, 3.63) is 29.8 Å². The number of piperidine rings is 1. The van der Waals surface area contributed by atoms with Crippen molar-refractivity contribution in [3.63, 3.8) is 0 Å². The molecule has 0 aliphatic carbocycles. The summed E-state index contributed by atoms with van der Waals surface area (Å²) in [5.41, 5.74) is 13.1. The first-order chi connectivity index (χ1) is 14.5. The standard InChI is InChI=1S/C19H23ClN8OS.2H2S/c1-11-15(21)19(9-29-11)3-6-27(7-4-19)18-24-8-13(17-25-10-26-28(17)18)30-12-2-5-23-16(22)14(12)20;;/h2,5,8,10-11,15H,3-4,6-7,9,21H2,1H3,(H2,22,23);2*1H2/t11-,15+;;/m0../s1. The van der Waals surface area contributed by atoms with E-state index in [2.05, 4.69) is 26.9 Å². The molecule has 5 heterocycles. The van der Waals surface area contributed by atoms with Crippen LogP contribution in [0.3, 0.4) is 0 Å². The minimum absolute atomic E-state index is 0. The van der Waals surface area contributed by atoms with Gasteiger partial charge in [0, 0.05) is 41.8 Å². The van der Waals surface area contributed by atoms with Crippen LogP contribution in [0.4, 0.5) is 11.8 Å². The highest BCUT2D eigenvalue weighted by Gasteiger charge is 2.47. The number of rotatable bonds is 3. The Kier molecular flexibility index (Phi) is 7.73. The number of nitrogens with zero attached hydrogens (tertiary/aromatic N) is 6. The van der Waals surface area contributed by atoms with Crippen molar-refractivity contribution in [1.29, 1.82) is 0 Å². The van der Waals surface area contributed by atoms with Crippen LogP contribution in [-0.4, -0.2) is 56.4 Å². The van der Waals surface area contributed by atoms with E-state index < -0.39 is 0 Å². The van der Waals surface area contributed by atoms with Gasteiger partial charge in [-0.1, -0.05) is 23.4 Å². The molecule has 3 aromatic rings. The molecule has 2 aliphatic rings. The highest BCUT2D eigenvalue weighted by atomic mass is 35.5. The maximum atomic E-state index is 6.45. The molecule has 13 heteroatoms. The third-order valence-corrected chi connectivity index (χ3v) is 7.82. The molecule has 0 amide bonds. The molecule has 174 valence electrons. The van der Waals surface area contributed by atoms with Gasteiger partial charge in [0.2, 0.25) is 5.95 Å². The summed E-state index contributed by atoms with van der Waals surface area (Å²) in [7, 11) is 0. The molecule has 0 aromatic carbocycles. The Labute approximate surface area is 209 Å². The topological polar surface area (TPSA) is 120 Å².